The predicted octanol–water partition coefficient (Wildman–Crippen LogP) is 4.73. The highest BCUT2D eigenvalue weighted by Crippen LogP contribution is 2.29. The van der Waals surface area contributed by atoms with E-state index in [4.69, 9.17) is 45.3 Å². The third kappa shape index (κ3) is 3.77. The molecule has 0 saturated heterocycles. The van der Waals surface area contributed by atoms with Crippen molar-refractivity contribution >= 4 is 34.8 Å². The fraction of sp³-hybridized carbons (Fsp3) is 0.143. The van der Waals surface area contributed by atoms with Crippen molar-refractivity contribution in [3.8, 4) is 5.75 Å². The van der Waals surface area contributed by atoms with Crippen LogP contribution in [-0.4, -0.2) is 6.54 Å². The molecular formula is C14H12Cl3NO. The van der Waals surface area contributed by atoms with Gasteiger partial charge in [0.2, 0.25) is 0 Å². The van der Waals surface area contributed by atoms with E-state index < -0.39 is 0 Å². The fourth-order valence-corrected chi connectivity index (χ4v) is 2.16. The Morgan fingerprint density at radius 1 is 1.00 bits per heavy atom. The van der Waals surface area contributed by atoms with Gasteiger partial charge in [0.05, 0.1) is 10.0 Å². The molecule has 0 aliphatic rings. The van der Waals surface area contributed by atoms with Crippen LogP contribution >= 0.6 is 34.8 Å². The molecule has 0 aromatic heterocycles. The average Bonchev–Trinajstić information content (AvgIpc) is 2.40. The van der Waals surface area contributed by atoms with Crippen molar-refractivity contribution in [1.29, 1.82) is 0 Å². The number of nitrogens with two attached hydrogens (primary N) is 1. The molecule has 0 radical (unpaired) electrons. The SMILES string of the molecule is NCC(Oc1ccc(Cl)c(Cl)c1)c1cccc(Cl)c1. The summed E-state index contributed by atoms with van der Waals surface area (Å²) in [5.74, 6) is 0.616. The molecule has 2 aromatic rings. The van der Waals surface area contributed by atoms with E-state index in [-0.39, 0.29) is 6.10 Å². The van der Waals surface area contributed by atoms with Crippen molar-refractivity contribution in [2.45, 2.75) is 6.10 Å². The number of ether oxygens (including phenoxy) is 1. The highest BCUT2D eigenvalue weighted by Gasteiger charge is 2.12. The maximum atomic E-state index is 5.96. The Bertz CT molecular complexity index is 574. The molecule has 2 nitrogen and oxygen atoms in total. The van der Waals surface area contributed by atoms with E-state index in [1.54, 1.807) is 24.3 Å². The first-order valence-corrected chi connectivity index (χ1v) is 6.81. The van der Waals surface area contributed by atoms with Gasteiger partial charge in [0.15, 0.2) is 0 Å². The molecule has 0 bridgehead atoms. The predicted molar refractivity (Wildman–Crippen MR) is 80.3 cm³/mol. The summed E-state index contributed by atoms with van der Waals surface area (Å²) in [7, 11) is 0. The lowest BCUT2D eigenvalue weighted by Gasteiger charge is -2.18. The largest absolute Gasteiger partial charge is 0.484 e. The molecule has 1 unspecified atom stereocenters. The molecule has 1 atom stereocenters. The number of rotatable bonds is 4. The Balaban J connectivity index is 2.21. The summed E-state index contributed by atoms with van der Waals surface area (Å²) in [6, 6.07) is 12.5. The van der Waals surface area contributed by atoms with Crippen LogP contribution in [0.2, 0.25) is 15.1 Å². The minimum absolute atomic E-state index is 0.282. The zero-order valence-corrected chi connectivity index (χ0v) is 12.2. The summed E-state index contributed by atoms with van der Waals surface area (Å²) in [6.45, 7) is 0.334. The van der Waals surface area contributed by atoms with Crippen molar-refractivity contribution in [1.82, 2.24) is 0 Å². The standard InChI is InChI=1S/C14H12Cl3NO/c15-10-3-1-2-9(6-10)14(8-18)19-11-4-5-12(16)13(17)7-11/h1-7,14H,8,18H2. The first-order valence-electron chi connectivity index (χ1n) is 5.67. The highest BCUT2D eigenvalue weighted by molar-refractivity contribution is 6.42. The van der Waals surface area contributed by atoms with Crippen LogP contribution in [0.15, 0.2) is 42.5 Å². The maximum Gasteiger partial charge on any atom is 0.136 e. The first kappa shape index (κ1) is 14.5. The molecular weight excluding hydrogens is 305 g/mol. The van der Waals surface area contributed by atoms with Gasteiger partial charge in [-0.1, -0.05) is 46.9 Å². The van der Waals surface area contributed by atoms with Crippen molar-refractivity contribution in [3.63, 3.8) is 0 Å². The van der Waals surface area contributed by atoms with Gasteiger partial charge in [0, 0.05) is 17.6 Å². The molecule has 0 saturated carbocycles. The lowest BCUT2D eigenvalue weighted by atomic mass is 10.1. The Kier molecular flexibility index (Phi) is 4.94. The van der Waals surface area contributed by atoms with Gasteiger partial charge in [-0.3, -0.25) is 0 Å². The third-order valence-corrected chi connectivity index (χ3v) is 3.58. The second kappa shape index (κ2) is 6.49. The Hall–Kier alpha value is -0.930. The van der Waals surface area contributed by atoms with Crippen LogP contribution < -0.4 is 10.5 Å². The van der Waals surface area contributed by atoms with E-state index in [9.17, 15) is 0 Å². The third-order valence-electron chi connectivity index (χ3n) is 2.60. The Morgan fingerprint density at radius 2 is 1.79 bits per heavy atom. The molecule has 2 aromatic carbocycles. The van der Waals surface area contributed by atoms with Crippen LogP contribution in [0.25, 0.3) is 0 Å². The van der Waals surface area contributed by atoms with Gasteiger partial charge in [-0.05, 0) is 29.8 Å². The number of benzene rings is 2. The lowest BCUT2D eigenvalue weighted by Crippen LogP contribution is -2.18. The molecule has 0 spiro atoms. The van der Waals surface area contributed by atoms with Gasteiger partial charge in [-0.25, -0.2) is 0 Å². The normalized spacial score (nSPS) is 12.2. The van der Waals surface area contributed by atoms with Crippen molar-refractivity contribution in [3.05, 3.63) is 63.1 Å². The molecule has 100 valence electrons. The Labute approximate surface area is 127 Å². The summed E-state index contributed by atoms with van der Waals surface area (Å²) in [4.78, 5) is 0. The van der Waals surface area contributed by atoms with E-state index in [0.29, 0.717) is 27.4 Å². The molecule has 0 aliphatic heterocycles. The van der Waals surface area contributed by atoms with Crippen LogP contribution in [-0.2, 0) is 0 Å². The summed E-state index contributed by atoms with van der Waals surface area (Å²) in [5.41, 5.74) is 6.66. The van der Waals surface area contributed by atoms with Crippen molar-refractivity contribution in [2.24, 2.45) is 5.73 Å². The minimum atomic E-state index is -0.282. The van der Waals surface area contributed by atoms with Gasteiger partial charge in [-0.15, -0.1) is 0 Å². The summed E-state index contributed by atoms with van der Waals surface area (Å²) < 4.78 is 5.81. The van der Waals surface area contributed by atoms with E-state index in [1.807, 2.05) is 18.2 Å². The molecule has 5 heteroatoms. The number of halogens is 3. The molecule has 2 N–H and O–H groups in total. The molecule has 0 fully saturated rings. The monoisotopic (exact) mass is 315 g/mol. The minimum Gasteiger partial charge on any atom is -0.484 e. The van der Waals surface area contributed by atoms with Gasteiger partial charge in [-0.2, -0.15) is 0 Å². The topological polar surface area (TPSA) is 35.2 Å². The zero-order valence-electron chi connectivity index (χ0n) is 9.95. The van der Waals surface area contributed by atoms with Gasteiger partial charge in [0.1, 0.15) is 11.9 Å². The maximum absolute atomic E-state index is 5.96. The summed E-state index contributed by atoms with van der Waals surface area (Å²) in [5, 5.41) is 1.58. The summed E-state index contributed by atoms with van der Waals surface area (Å²) >= 11 is 17.8. The van der Waals surface area contributed by atoms with Crippen LogP contribution in [0, 0.1) is 0 Å². The van der Waals surface area contributed by atoms with E-state index in [0.717, 1.165) is 5.56 Å². The van der Waals surface area contributed by atoms with Gasteiger partial charge in [0.25, 0.3) is 0 Å². The molecule has 0 heterocycles. The summed E-state index contributed by atoms with van der Waals surface area (Å²) in [6.07, 6.45) is -0.282. The average molecular weight is 317 g/mol. The van der Waals surface area contributed by atoms with Crippen molar-refractivity contribution < 1.29 is 4.74 Å². The van der Waals surface area contributed by atoms with Gasteiger partial charge < -0.3 is 10.5 Å². The lowest BCUT2D eigenvalue weighted by molar-refractivity contribution is 0.214. The van der Waals surface area contributed by atoms with E-state index >= 15 is 0 Å². The van der Waals surface area contributed by atoms with Crippen LogP contribution in [0.3, 0.4) is 0 Å². The van der Waals surface area contributed by atoms with Crippen LogP contribution in [0.1, 0.15) is 11.7 Å². The van der Waals surface area contributed by atoms with E-state index in [1.165, 1.54) is 0 Å². The van der Waals surface area contributed by atoms with Gasteiger partial charge >= 0.3 is 0 Å². The highest BCUT2D eigenvalue weighted by atomic mass is 35.5. The molecule has 0 aliphatic carbocycles. The van der Waals surface area contributed by atoms with Crippen molar-refractivity contribution in [2.75, 3.05) is 6.54 Å². The second-order valence-corrected chi connectivity index (χ2v) is 5.22. The quantitative estimate of drug-likeness (QED) is 0.885. The first-order chi connectivity index (χ1) is 9.10. The smallest absolute Gasteiger partial charge is 0.136 e. The second-order valence-electron chi connectivity index (χ2n) is 3.97. The Morgan fingerprint density at radius 3 is 2.42 bits per heavy atom. The number of hydrogen-bond donors (Lipinski definition) is 1. The van der Waals surface area contributed by atoms with Crippen LogP contribution in [0.4, 0.5) is 0 Å². The van der Waals surface area contributed by atoms with E-state index in [2.05, 4.69) is 0 Å². The van der Waals surface area contributed by atoms with Crippen LogP contribution in [0.5, 0.6) is 5.75 Å². The molecule has 2 rings (SSSR count). The number of hydrogen-bond acceptors (Lipinski definition) is 2. The zero-order chi connectivity index (χ0) is 13.8. The molecule has 0 amide bonds. The molecule has 19 heavy (non-hydrogen) atoms. The fourth-order valence-electron chi connectivity index (χ4n) is 1.67.